The van der Waals surface area contributed by atoms with E-state index in [9.17, 15) is 9.59 Å². The number of carbonyl (C=O) groups is 2. The van der Waals surface area contributed by atoms with Crippen LogP contribution in [0.2, 0.25) is 0 Å². The molecule has 0 fully saturated rings. The van der Waals surface area contributed by atoms with Gasteiger partial charge in [0.1, 0.15) is 6.04 Å². The molecule has 19 heavy (non-hydrogen) atoms. The Bertz CT molecular complexity index is 488. The molecule has 104 valence electrons. The van der Waals surface area contributed by atoms with Crippen LogP contribution < -0.4 is 5.32 Å². The number of amides is 2. The van der Waals surface area contributed by atoms with Gasteiger partial charge in [-0.3, -0.25) is 9.59 Å². The first-order valence-electron chi connectivity index (χ1n) is 6.18. The number of hydrogen-bond acceptors (Lipinski definition) is 2. The molecule has 1 N–H and O–H groups in total. The minimum Gasteiger partial charge on any atom is -0.344 e. The van der Waals surface area contributed by atoms with E-state index in [4.69, 9.17) is 0 Å². The molecule has 1 aromatic rings. The van der Waals surface area contributed by atoms with Gasteiger partial charge in [-0.2, -0.15) is 0 Å². The maximum Gasteiger partial charge on any atom is 0.252 e. The first kappa shape index (κ1) is 15.7. The minimum atomic E-state index is -0.532. The Morgan fingerprint density at radius 1 is 1.42 bits per heavy atom. The fourth-order valence-corrected chi connectivity index (χ4v) is 2.02. The van der Waals surface area contributed by atoms with Gasteiger partial charge in [0.25, 0.3) is 5.91 Å². The lowest BCUT2D eigenvalue weighted by Gasteiger charge is -2.21. The van der Waals surface area contributed by atoms with Crippen molar-refractivity contribution in [3.05, 3.63) is 33.8 Å². The van der Waals surface area contributed by atoms with Crippen molar-refractivity contribution >= 4 is 27.7 Å². The van der Waals surface area contributed by atoms with Crippen molar-refractivity contribution in [1.82, 2.24) is 10.2 Å². The van der Waals surface area contributed by atoms with Gasteiger partial charge < -0.3 is 10.2 Å². The van der Waals surface area contributed by atoms with Crippen LogP contribution in [0.1, 0.15) is 29.8 Å². The number of benzene rings is 1. The fourth-order valence-electron chi connectivity index (χ4n) is 1.66. The monoisotopic (exact) mass is 326 g/mol. The average molecular weight is 327 g/mol. The van der Waals surface area contributed by atoms with Crippen LogP contribution >= 0.6 is 15.9 Å². The van der Waals surface area contributed by atoms with Crippen LogP contribution in [0.15, 0.2) is 22.7 Å². The molecule has 0 heterocycles. The zero-order valence-electron chi connectivity index (χ0n) is 11.7. The molecule has 1 aromatic carbocycles. The smallest absolute Gasteiger partial charge is 0.252 e. The molecule has 2 amide bonds. The number of hydrogen-bond donors (Lipinski definition) is 1. The topological polar surface area (TPSA) is 49.4 Å². The lowest BCUT2D eigenvalue weighted by atomic mass is 10.1. The molecule has 1 rings (SSSR count). The van der Waals surface area contributed by atoms with Crippen LogP contribution in [-0.4, -0.2) is 36.3 Å². The number of carbonyl (C=O) groups excluding carboxylic acids is 2. The van der Waals surface area contributed by atoms with E-state index in [1.54, 1.807) is 24.9 Å². The summed E-state index contributed by atoms with van der Waals surface area (Å²) in [6.07, 6.45) is 0. The van der Waals surface area contributed by atoms with Crippen LogP contribution in [0.3, 0.4) is 0 Å². The largest absolute Gasteiger partial charge is 0.344 e. The predicted molar refractivity (Wildman–Crippen MR) is 79.1 cm³/mol. The molecular weight excluding hydrogens is 308 g/mol. The highest BCUT2D eigenvalue weighted by molar-refractivity contribution is 9.10. The maximum absolute atomic E-state index is 12.1. The van der Waals surface area contributed by atoms with Gasteiger partial charge in [0.05, 0.1) is 0 Å². The Balaban J connectivity index is 2.80. The van der Waals surface area contributed by atoms with E-state index >= 15 is 0 Å². The molecule has 5 heteroatoms. The van der Waals surface area contributed by atoms with E-state index in [2.05, 4.69) is 21.2 Å². The third-order valence-electron chi connectivity index (χ3n) is 3.01. The Kier molecular flexibility index (Phi) is 5.54. The highest BCUT2D eigenvalue weighted by Crippen LogP contribution is 2.16. The molecule has 0 aliphatic rings. The summed E-state index contributed by atoms with van der Waals surface area (Å²) in [5, 5.41) is 2.73. The lowest BCUT2D eigenvalue weighted by Crippen LogP contribution is -2.45. The Labute approximate surface area is 122 Å². The second kappa shape index (κ2) is 6.70. The number of aryl methyl sites for hydroxylation is 1. The van der Waals surface area contributed by atoms with Crippen LogP contribution in [0, 0.1) is 6.92 Å². The molecule has 0 aliphatic carbocycles. The summed E-state index contributed by atoms with van der Waals surface area (Å²) in [5.41, 5.74) is 1.46. The van der Waals surface area contributed by atoms with Gasteiger partial charge in [-0.25, -0.2) is 0 Å². The van der Waals surface area contributed by atoms with Gasteiger partial charge in [0.2, 0.25) is 5.91 Å². The van der Waals surface area contributed by atoms with Crippen molar-refractivity contribution in [2.24, 2.45) is 0 Å². The minimum absolute atomic E-state index is 0.0940. The molecule has 0 saturated heterocycles. The number of rotatable bonds is 4. The Morgan fingerprint density at radius 3 is 2.63 bits per heavy atom. The fraction of sp³-hybridized carbons (Fsp3) is 0.429. The van der Waals surface area contributed by atoms with E-state index in [1.165, 1.54) is 0 Å². The van der Waals surface area contributed by atoms with Gasteiger partial charge in [-0.05, 0) is 38.5 Å². The summed E-state index contributed by atoms with van der Waals surface area (Å²) < 4.78 is 0.841. The first-order chi connectivity index (χ1) is 8.86. The Morgan fingerprint density at radius 2 is 2.05 bits per heavy atom. The van der Waals surface area contributed by atoms with E-state index in [-0.39, 0.29) is 11.8 Å². The summed E-state index contributed by atoms with van der Waals surface area (Å²) in [6, 6.07) is 4.97. The van der Waals surface area contributed by atoms with Crippen LogP contribution in [0.25, 0.3) is 0 Å². The molecule has 1 unspecified atom stereocenters. The standard InChI is InChI=1S/C14H19BrN2O2/c1-5-17(4)14(19)10(3)16-13(18)12-8-11(15)7-6-9(12)2/h6-8,10H,5H2,1-4H3,(H,16,18). The van der Waals surface area contributed by atoms with Crippen molar-refractivity contribution in [3.8, 4) is 0 Å². The van der Waals surface area contributed by atoms with Crippen molar-refractivity contribution in [2.45, 2.75) is 26.8 Å². The Hall–Kier alpha value is -1.36. The molecule has 4 nitrogen and oxygen atoms in total. The van der Waals surface area contributed by atoms with Crippen molar-refractivity contribution < 1.29 is 9.59 Å². The average Bonchev–Trinajstić information content (AvgIpc) is 2.39. The number of likely N-dealkylation sites (N-methyl/N-ethyl adjacent to an activating group) is 1. The predicted octanol–water partition coefficient (Wildman–Crippen LogP) is 2.35. The summed E-state index contributed by atoms with van der Waals surface area (Å²) in [5.74, 6) is -0.326. The molecule has 0 spiro atoms. The number of nitrogens with one attached hydrogen (secondary N) is 1. The second-order valence-electron chi connectivity index (χ2n) is 4.51. The summed E-state index contributed by atoms with van der Waals surface area (Å²) in [4.78, 5) is 25.6. The molecule has 0 aliphatic heterocycles. The lowest BCUT2D eigenvalue weighted by molar-refractivity contribution is -0.131. The van der Waals surface area contributed by atoms with E-state index in [0.29, 0.717) is 12.1 Å². The third-order valence-corrected chi connectivity index (χ3v) is 3.51. The van der Waals surface area contributed by atoms with E-state index in [0.717, 1.165) is 10.0 Å². The molecule has 1 atom stereocenters. The SMILES string of the molecule is CCN(C)C(=O)C(C)NC(=O)c1cc(Br)ccc1C. The van der Waals surface area contributed by atoms with E-state index in [1.807, 2.05) is 26.0 Å². The molecule has 0 bridgehead atoms. The van der Waals surface area contributed by atoms with Crippen molar-refractivity contribution in [2.75, 3.05) is 13.6 Å². The van der Waals surface area contributed by atoms with Crippen LogP contribution in [-0.2, 0) is 4.79 Å². The highest BCUT2D eigenvalue weighted by atomic mass is 79.9. The first-order valence-corrected chi connectivity index (χ1v) is 6.98. The van der Waals surface area contributed by atoms with E-state index < -0.39 is 6.04 Å². The summed E-state index contributed by atoms with van der Waals surface area (Å²) in [6.45, 7) is 6.07. The molecular formula is C14H19BrN2O2. The van der Waals surface area contributed by atoms with Gasteiger partial charge in [-0.15, -0.1) is 0 Å². The number of halogens is 1. The normalized spacial score (nSPS) is 11.8. The number of nitrogens with zero attached hydrogens (tertiary/aromatic N) is 1. The summed E-state index contributed by atoms with van der Waals surface area (Å²) >= 11 is 3.34. The van der Waals surface area contributed by atoms with Crippen LogP contribution in [0.4, 0.5) is 0 Å². The van der Waals surface area contributed by atoms with Crippen molar-refractivity contribution in [3.63, 3.8) is 0 Å². The second-order valence-corrected chi connectivity index (χ2v) is 5.42. The van der Waals surface area contributed by atoms with Gasteiger partial charge >= 0.3 is 0 Å². The highest BCUT2D eigenvalue weighted by Gasteiger charge is 2.20. The zero-order chi connectivity index (χ0) is 14.6. The summed E-state index contributed by atoms with van der Waals surface area (Å²) in [7, 11) is 1.72. The third kappa shape index (κ3) is 4.06. The molecule has 0 aromatic heterocycles. The van der Waals surface area contributed by atoms with Crippen LogP contribution in [0.5, 0.6) is 0 Å². The quantitative estimate of drug-likeness (QED) is 0.923. The molecule has 0 saturated carbocycles. The van der Waals surface area contributed by atoms with Crippen molar-refractivity contribution in [1.29, 1.82) is 0 Å². The van der Waals surface area contributed by atoms with Gasteiger partial charge in [0.15, 0.2) is 0 Å². The molecule has 0 radical (unpaired) electrons. The van der Waals surface area contributed by atoms with Gasteiger partial charge in [0, 0.05) is 23.6 Å². The maximum atomic E-state index is 12.1. The van der Waals surface area contributed by atoms with Gasteiger partial charge in [-0.1, -0.05) is 22.0 Å². The zero-order valence-corrected chi connectivity index (χ0v) is 13.2.